The smallest absolute Gasteiger partial charge is 0.221 e. The number of anilines is 4. The van der Waals surface area contributed by atoms with Crippen LogP contribution in [0.1, 0.15) is 47.2 Å². The average Bonchev–Trinajstić information content (AvgIpc) is 3.69. The topological polar surface area (TPSA) is 132 Å². The Hall–Kier alpha value is -8.30. The fourth-order valence-corrected chi connectivity index (χ4v) is 11.1. The molecule has 1 amide bonds. The SMILES string of the molecule is CC(=O)Cc1ccc2c(c1)-c1ccccc1C21Nc2cccc3ccc(C4=C(O)C(=c5ccc6cccc7c6c5=NC5(N7)c6ccccc6-c6cc(NC(C)=O)ccc65)C4=O)c(c23)N1. The van der Waals surface area contributed by atoms with E-state index in [0.29, 0.717) is 28.2 Å². The average molecular weight is 832 g/mol. The number of benzene rings is 8. The number of nitrogens with one attached hydrogen (secondary N) is 4. The Kier molecular flexibility index (Phi) is 7.18. The fraction of sp³-hybridized carbons (Fsp3) is 0.0909. The second kappa shape index (κ2) is 12.6. The summed E-state index contributed by atoms with van der Waals surface area (Å²) in [5, 5.41) is 31.8. The van der Waals surface area contributed by atoms with Gasteiger partial charge < -0.3 is 26.4 Å². The van der Waals surface area contributed by atoms with E-state index in [2.05, 4.69) is 69.8 Å². The van der Waals surface area contributed by atoms with Crippen LogP contribution in [-0.2, 0) is 32.1 Å². The molecular weight excluding hydrogens is 795 g/mol. The summed E-state index contributed by atoms with van der Waals surface area (Å²) in [4.78, 5) is 44.9. The van der Waals surface area contributed by atoms with Gasteiger partial charge in [-0.05, 0) is 69.8 Å². The molecule has 0 fully saturated rings. The van der Waals surface area contributed by atoms with Crippen molar-refractivity contribution in [2.75, 3.05) is 21.3 Å². The number of Topliss-reactive ketones (excluding diaryl/α,β-unsaturated/α-hetero) is 2. The van der Waals surface area contributed by atoms with Crippen molar-refractivity contribution in [1.82, 2.24) is 0 Å². The molecule has 2 unspecified atom stereocenters. The van der Waals surface area contributed by atoms with E-state index in [0.717, 1.165) is 88.7 Å². The quantitative estimate of drug-likeness (QED) is 0.119. The first-order valence-electron chi connectivity index (χ1n) is 21.4. The number of aliphatic hydroxyl groups excluding tert-OH is 1. The van der Waals surface area contributed by atoms with Crippen molar-refractivity contribution in [2.45, 2.75) is 31.6 Å². The van der Waals surface area contributed by atoms with Gasteiger partial charge >= 0.3 is 0 Å². The molecule has 2 heterocycles. The summed E-state index contributed by atoms with van der Waals surface area (Å²) >= 11 is 0. The zero-order chi connectivity index (χ0) is 43.2. The van der Waals surface area contributed by atoms with Crippen LogP contribution in [0.4, 0.5) is 22.7 Å². The molecule has 5 aliphatic rings. The Morgan fingerprint density at radius 2 is 1.27 bits per heavy atom. The first-order chi connectivity index (χ1) is 31.1. The number of carbonyl (C=O) groups excluding carboxylic acids is 3. The zero-order valence-electron chi connectivity index (χ0n) is 34.7. The van der Waals surface area contributed by atoms with Gasteiger partial charge in [0.25, 0.3) is 0 Å². The molecule has 13 rings (SSSR count). The number of nitrogens with zero attached hydrogens (tertiary/aromatic N) is 1. The third kappa shape index (κ3) is 4.72. The van der Waals surface area contributed by atoms with Crippen molar-refractivity contribution in [3.63, 3.8) is 0 Å². The Morgan fingerprint density at radius 1 is 0.609 bits per heavy atom. The molecule has 0 saturated heterocycles. The van der Waals surface area contributed by atoms with Crippen LogP contribution in [0.25, 0.3) is 54.9 Å². The maximum atomic E-state index is 15.0. The number of allylic oxidation sites excluding steroid dienone is 2. The van der Waals surface area contributed by atoms with E-state index in [-0.39, 0.29) is 34.4 Å². The van der Waals surface area contributed by atoms with E-state index < -0.39 is 11.3 Å². The van der Waals surface area contributed by atoms with Gasteiger partial charge in [0.15, 0.2) is 11.3 Å². The number of hydrogen-bond donors (Lipinski definition) is 5. The van der Waals surface area contributed by atoms with E-state index >= 15 is 4.79 Å². The van der Waals surface area contributed by atoms with Crippen LogP contribution >= 0.6 is 0 Å². The molecule has 9 heteroatoms. The van der Waals surface area contributed by atoms with Crippen LogP contribution < -0.4 is 31.8 Å². The van der Waals surface area contributed by atoms with Crippen LogP contribution in [0.5, 0.6) is 0 Å². The molecule has 3 aliphatic carbocycles. The molecule has 0 bridgehead atoms. The van der Waals surface area contributed by atoms with Crippen molar-refractivity contribution in [3.05, 3.63) is 195 Å². The van der Waals surface area contributed by atoms with Gasteiger partial charge in [-0.3, -0.25) is 14.4 Å². The lowest BCUT2D eigenvalue weighted by atomic mass is 9.79. The standard InChI is InChI=1S/C55H37N5O4/c1-28(61)25-30-17-23-42-38(26-30)34-11-3-5-13-40(34)54(42)57-44-15-7-9-31-18-21-36(50(59-54)46(31)44)48-52(63)49(53(48)64)37-22-19-32-10-8-16-45-47(32)51(37)60-55(58-45)41-14-6-4-12-35(41)39-27-33(56-29(2)62)20-24-43(39)55/h3-24,26-27,57-59,63H,25H2,1-2H3,(H,56,62). The van der Waals surface area contributed by atoms with E-state index in [4.69, 9.17) is 4.99 Å². The molecule has 5 N–H and O–H groups in total. The highest BCUT2D eigenvalue weighted by atomic mass is 16.3. The van der Waals surface area contributed by atoms with Crippen molar-refractivity contribution in [2.24, 2.45) is 4.99 Å². The van der Waals surface area contributed by atoms with Crippen molar-refractivity contribution in [1.29, 1.82) is 0 Å². The predicted molar refractivity (Wildman–Crippen MR) is 252 cm³/mol. The summed E-state index contributed by atoms with van der Waals surface area (Å²) in [5.41, 5.74) is 11.1. The second-order valence-electron chi connectivity index (χ2n) is 17.4. The highest BCUT2D eigenvalue weighted by molar-refractivity contribution is 6.52. The molecule has 8 aromatic rings. The van der Waals surface area contributed by atoms with Crippen LogP contribution in [0, 0.1) is 0 Å². The van der Waals surface area contributed by atoms with Crippen molar-refractivity contribution < 1.29 is 19.5 Å². The number of ketones is 2. The second-order valence-corrected chi connectivity index (χ2v) is 17.4. The summed E-state index contributed by atoms with van der Waals surface area (Å²) in [5.74, 6) is -0.419. The minimum Gasteiger partial charge on any atom is -0.506 e. The molecule has 64 heavy (non-hydrogen) atoms. The van der Waals surface area contributed by atoms with Gasteiger partial charge in [0.2, 0.25) is 11.7 Å². The van der Waals surface area contributed by atoms with E-state index in [9.17, 15) is 14.7 Å². The molecule has 306 valence electrons. The van der Waals surface area contributed by atoms with E-state index in [1.165, 1.54) is 6.92 Å². The van der Waals surface area contributed by atoms with Crippen LogP contribution in [0.15, 0.2) is 156 Å². The Morgan fingerprint density at radius 3 is 2.03 bits per heavy atom. The van der Waals surface area contributed by atoms with Gasteiger partial charge in [0.1, 0.15) is 11.5 Å². The molecule has 8 aromatic carbocycles. The molecule has 2 aliphatic heterocycles. The van der Waals surface area contributed by atoms with Gasteiger partial charge in [0.05, 0.1) is 22.2 Å². The maximum absolute atomic E-state index is 15.0. The summed E-state index contributed by atoms with van der Waals surface area (Å²) in [6.07, 6.45) is 0.344. The molecule has 9 nitrogen and oxygen atoms in total. The van der Waals surface area contributed by atoms with Gasteiger partial charge in [0, 0.05) is 74.2 Å². The number of carbonyl (C=O) groups is 3. The van der Waals surface area contributed by atoms with E-state index in [1.807, 2.05) is 97.1 Å². The van der Waals surface area contributed by atoms with Gasteiger partial charge in [-0.25, -0.2) is 4.99 Å². The van der Waals surface area contributed by atoms with E-state index in [1.54, 1.807) is 6.92 Å². The maximum Gasteiger partial charge on any atom is 0.221 e. The highest BCUT2D eigenvalue weighted by Gasteiger charge is 2.49. The lowest BCUT2D eigenvalue weighted by Crippen LogP contribution is -2.45. The third-order valence-corrected chi connectivity index (χ3v) is 13.7. The lowest BCUT2D eigenvalue weighted by molar-refractivity contribution is -0.116. The van der Waals surface area contributed by atoms with Crippen LogP contribution in [0.2, 0.25) is 0 Å². The summed E-state index contributed by atoms with van der Waals surface area (Å²) in [6.45, 7) is 3.10. The van der Waals surface area contributed by atoms with Crippen molar-refractivity contribution in [3.8, 4) is 22.3 Å². The number of hydrogen-bond acceptors (Lipinski definition) is 8. The largest absolute Gasteiger partial charge is 0.506 e. The minimum absolute atomic E-state index is 0.0865. The number of amides is 1. The van der Waals surface area contributed by atoms with Crippen LogP contribution in [-0.4, -0.2) is 22.6 Å². The number of fused-ring (bicyclic) bond motifs is 10. The molecule has 0 saturated carbocycles. The fourth-order valence-electron chi connectivity index (χ4n) is 11.1. The van der Waals surface area contributed by atoms with Gasteiger partial charge in [-0.15, -0.1) is 0 Å². The first-order valence-corrected chi connectivity index (χ1v) is 21.4. The van der Waals surface area contributed by atoms with Gasteiger partial charge in [-0.1, -0.05) is 121 Å². The highest BCUT2D eigenvalue weighted by Crippen LogP contribution is 2.56. The summed E-state index contributed by atoms with van der Waals surface area (Å²) < 4.78 is 0. The van der Waals surface area contributed by atoms with Gasteiger partial charge in [-0.2, -0.15) is 0 Å². The first kappa shape index (κ1) is 36.4. The number of rotatable bonds is 4. The monoisotopic (exact) mass is 831 g/mol. The molecule has 0 aromatic heterocycles. The lowest BCUT2D eigenvalue weighted by Gasteiger charge is -2.41. The Balaban J connectivity index is 1.02. The summed E-state index contributed by atoms with van der Waals surface area (Å²) in [6, 6.07) is 48.5. The number of aliphatic hydroxyl groups is 1. The summed E-state index contributed by atoms with van der Waals surface area (Å²) in [7, 11) is 0. The molecular formula is C55H37N5O4. The normalized spacial score (nSPS) is 19.8. The van der Waals surface area contributed by atoms with Crippen molar-refractivity contribution >= 4 is 72.9 Å². The van der Waals surface area contributed by atoms with Crippen LogP contribution in [0.3, 0.4) is 0 Å². The Labute approximate surface area is 366 Å². The molecule has 0 radical (unpaired) electrons. The zero-order valence-corrected chi connectivity index (χ0v) is 34.7. The molecule has 2 spiro atoms. The minimum atomic E-state index is -1.06. The Bertz CT molecular complexity index is 3720. The third-order valence-electron chi connectivity index (χ3n) is 13.7. The predicted octanol–water partition coefficient (Wildman–Crippen LogP) is 9.43. The molecule has 2 atom stereocenters.